The Morgan fingerprint density at radius 1 is 0.725 bits per heavy atom. The highest BCUT2D eigenvalue weighted by molar-refractivity contribution is 7.94. The smallest absolute Gasteiger partial charge is 0.358 e. The predicted octanol–water partition coefficient (Wildman–Crippen LogP) is 8.55. The quantitative estimate of drug-likeness (QED) is 0.00979. The minimum absolute atomic E-state index is 0.0279. The van der Waals surface area contributed by atoms with Crippen molar-refractivity contribution in [3.05, 3.63) is 78.0 Å². The van der Waals surface area contributed by atoms with Gasteiger partial charge in [0.2, 0.25) is 11.6 Å². The van der Waals surface area contributed by atoms with Crippen molar-refractivity contribution in [2.45, 2.75) is 21.6 Å². The highest BCUT2D eigenvalue weighted by Gasteiger charge is 2.27. The highest BCUT2D eigenvalue weighted by Crippen LogP contribution is 2.47. The number of benzene rings is 5. The van der Waals surface area contributed by atoms with E-state index in [2.05, 4.69) is 54.5 Å². The molecule has 0 aliphatic rings. The molecular formula is C39H36N8O19S3. The minimum Gasteiger partial charge on any atom is -0.506 e. The van der Waals surface area contributed by atoms with Gasteiger partial charge in [-0.2, -0.15) is 18.2 Å². The fourth-order valence-electron chi connectivity index (χ4n) is 6.06. The number of aromatic hydroxyl groups is 2. The number of nitrogens with zero attached hydrogens (tertiary/aromatic N) is 8. The van der Waals surface area contributed by atoms with Crippen molar-refractivity contribution in [2.24, 2.45) is 30.7 Å². The Balaban J connectivity index is 1.52. The number of hydrogen-bond acceptors (Lipinski definition) is 26. The summed E-state index contributed by atoms with van der Waals surface area (Å²) in [6.45, 7) is 0.0883. The van der Waals surface area contributed by atoms with E-state index in [1.54, 1.807) is 6.92 Å². The summed E-state index contributed by atoms with van der Waals surface area (Å²) < 4.78 is 66.0. The van der Waals surface area contributed by atoms with Gasteiger partial charge >= 0.3 is 5.97 Å². The first-order valence-electron chi connectivity index (χ1n) is 19.1. The molecule has 0 amide bonds. The molecule has 1 aromatic heterocycles. The number of phenols is 1. The fourth-order valence-corrected chi connectivity index (χ4v) is 7.60. The van der Waals surface area contributed by atoms with Crippen LogP contribution < -0.4 is 18.9 Å². The third-order valence-corrected chi connectivity index (χ3v) is 11.2. The molecule has 0 aliphatic carbocycles. The van der Waals surface area contributed by atoms with Crippen LogP contribution in [0, 0.1) is 6.92 Å². The second kappa shape index (κ2) is 23.3. The van der Waals surface area contributed by atoms with E-state index in [1.807, 2.05) is 0 Å². The van der Waals surface area contributed by atoms with Crippen LogP contribution >= 0.6 is 24.1 Å². The number of rotatable bonds is 23. The molecule has 0 unspecified atom stereocenters. The number of ether oxygens (including phenoxy) is 4. The number of aryl methyl sites for hydroxylation is 1. The zero-order valence-corrected chi connectivity index (χ0v) is 38.0. The van der Waals surface area contributed by atoms with E-state index in [1.165, 1.54) is 74.9 Å². The Morgan fingerprint density at radius 2 is 1.33 bits per heavy atom. The van der Waals surface area contributed by atoms with Gasteiger partial charge in [-0.15, -0.1) is 39.4 Å². The number of carboxylic acid groups (broad SMARTS) is 1. The number of methoxy groups -OCH3 is 2. The molecule has 5 aromatic carbocycles. The maximum absolute atomic E-state index is 12.6. The van der Waals surface area contributed by atoms with Crippen LogP contribution in [-0.4, -0.2) is 105 Å². The lowest BCUT2D eigenvalue weighted by molar-refractivity contribution is -0.432. The number of aromatic carboxylic acids is 1. The molecule has 8 N–H and O–H groups in total. The molecule has 0 fully saturated rings. The summed E-state index contributed by atoms with van der Waals surface area (Å²) in [4.78, 5) is 12.6. The van der Waals surface area contributed by atoms with Crippen LogP contribution in [0.1, 0.15) is 16.1 Å². The van der Waals surface area contributed by atoms with E-state index in [9.17, 15) is 43.3 Å². The number of hydrogen-bond donors (Lipinski definition) is 8. The summed E-state index contributed by atoms with van der Waals surface area (Å²) in [7, 11) is -2.22. The summed E-state index contributed by atoms with van der Waals surface area (Å²) in [5.41, 5.74) is -1.88. The van der Waals surface area contributed by atoms with E-state index in [0.29, 0.717) is 34.5 Å². The monoisotopic (exact) mass is 1020 g/mol. The Morgan fingerprint density at radius 3 is 1.93 bits per heavy atom. The number of fused-ring (bicyclic) bond motifs is 1. The second-order valence-electron chi connectivity index (χ2n) is 13.3. The first-order valence-corrected chi connectivity index (χ1v) is 22.0. The van der Waals surface area contributed by atoms with Crippen molar-refractivity contribution < 1.29 is 91.5 Å². The number of aliphatic hydroxyl groups is 2. The molecule has 0 saturated carbocycles. The summed E-state index contributed by atoms with van der Waals surface area (Å²) in [6, 6.07) is 14.4. The van der Waals surface area contributed by atoms with Crippen LogP contribution in [0.5, 0.6) is 34.6 Å². The first kappa shape index (κ1) is 51.3. The molecule has 0 aliphatic heterocycles. The fraction of sp³-hybridized carbons (Fsp3) is 0.179. The number of carboxylic acids is 1. The van der Waals surface area contributed by atoms with Gasteiger partial charge in [-0.1, -0.05) is 16.1 Å². The van der Waals surface area contributed by atoms with E-state index < -0.39 is 57.2 Å². The van der Waals surface area contributed by atoms with Crippen molar-refractivity contribution >= 4 is 85.1 Å². The van der Waals surface area contributed by atoms with Gasteiger partial charge in [0, 0.05) is 33.4 Å². The molecule has 6 rings (SSSR count). The first-order chi connectivity index (χ1) is 33.1. The molecule has 0 bridgehead atoms. The molecule has 27 nitrogen and oxygen atoms in total. The van der Waals surface area contributed by atoms with Gasteiger partial charge in [0.05, 0.1) is 57.2 Å². The molecule has 0 saturated heterocycles. The van der Waals surface area contributed by atoms with Crippen molar-refractivity contribution in [1.82, 2.24) is 9.78 Å². The van der Waals surface area contributed by atoms with Gasteiger partial charge in [0.1, 0.15) is 75.3 Å². The number of phenolic OH excluding ortho intramolecular Hbond substituents is 1. The van der Waals surface area contributed by atoms with Gasteiger partial charge in [0.15, 0.2) is 5.69 Å². The molecule has 0 radical (unpaired) electrons. The van der Waals surface area contributed by atoms with Gasteiger partial charge < -0.3 is 44.5 Å². The van der Waals surface area contributed by atoms with Crippen molar-refractivity contribution in [2.75, 3.05) is 40.6 Å². The summed E-state index contributed by atoms with van der Waals surface area (Å²) >= 11 is 1.13. The standard InChI is InChI=1S/C39H36N8O19S3/c1-19-12-24(29(60-3)18-32(19)68-66-64-55)42-45-36-37(39(52)53)46-47(38(36)51)27-15-22(67-65-63-54)13-20-4-7-28(50)35(34(20)27)44-43-26-17-30(61-10-8-48)25(16-31(26)62-11-9-49)41-40-23-6-5-21(59-2)14-33(23)69(56,57)58/h4-7,12-18,48-51,54-55H,8-11H2,1-3H3,(H,52,53)(H,56,57,58)/b41-40+,44-43+,45-42+. The number of azo groups is 3. The maximum Gasteiger partial charge on any atom is 0.358 e. The third kappa shape index (κ3) is 12.2. The maximum atomic E-state index is 12.6. The van der Waals surface area contributed by atoms with E-state index in [4.69, 9.17) is 29.5 Å². The summed E-state index contributed by atoms with van der Waals surface area (Å²) in [6.07, 6.45) is 0. The van der Waals surface area contributed by atoms with Crippen LogP contribution in [0.25, 0.3) is 16.5 Å². The topological polar surface area (TPSA) is 379 Å². The van der Waals surface area contributed by atoms with Crippen LogP contribution in [0.2, 0.25) is 0 Å². The van der Waals surface area contributed by atoms with Gasteiger partial charge in [-0.25, -0.2) is 15.3 Å². The van der Waals surface area contributed by atoms with Crippen molar-refractivity contribution in [3.63, 3.8) is 0 Å². The molecule has 0 spiro atoms. The lowest BCUT2D eigenvalue weighted by Crippen LogP contribution is -2.04. The predicted molar refractivity (Wildman–Crippen MR) is 237 cm³/mol. The van der Waals surface area contributed by atoms with Crippen LogP contribution in [0.15, 0.2) is 112 Å². The van der Waals surface area contributed by atoms with Crippen LogP contribution in [-0.2, 0) is 28.9 Å². The second-order valence-corrected chi connectivity index (χ2v) is 16.2. The molecule has 69 heavy (non-hydrogen) atoms. The largest absolute Gasteiger partial charge is 0.506 e. The van der Waals surface area contributed by atoms with Crippen molar-refractivity contribution in [1.29, 1.82) is 0 Å². The molecule has 0 atom stereocenters. The molecule has 6 aromatic rings. The lowest BCUT2D eigenvalue weighted by Gasteiger charge is -2.14. The molecule has 1 heterocycles. The van der Waals surface area contributed by atoms with E-state index in [0.717, 1.165) is 10.7 Å². The molecular weight excluding hydrogens is 981 g/mol. The Kier molecular flexibility index (Phi) is 17.3. The zero-order valence-electron chi connectivity index (χ0n) is 35.6. The van der Waals surface area contributed by atoms with E-state index >= 15 is 0 Å². The average Bonchev–Trinajstić information content (AvgIpc) is 3.67. The lowest BCUT2D eigenvalue weighted by atomic mass is 10.1. The van der Waals surface area contributed by atoms with Crippen LogP contribution in [0.4, 0.5) is 34.1 Å². The molecule has 364 valence electrons. The van der Waals surface area contributed by atoms with Crippen molar-refractivity contribution in [3.8, 4) is 40.3 Å². The Hall–Kier alpha value is -7.07. The normalized spacial score (nSPS) is 11.9. The minimum atomic E-state index is -4.82. The summed E-state index contributed by atoms with van der Waals surface area (Å²) in [5, 5.41) is 107. The Labute approximate surface area is 396 Å². The average molecular weight is 1020 g/mol. The SMILES string of the molecule is COc1ccc(/N=N/c2cc(OCCO)c(/N=N/c3c(O)ccc4cc(SOOO)cc(-n5nc(C(=O)O)c(/N=N/c6cc(C)c(SOOO)cc6OC)c5O)c34)cc2OCCO)c(S(=O)(=O)O)c1. The van der Waals surface area contributed by atoms with Crippen LogP contribution in [0.3, 0.4) is 0 Å². The summed E-state index contributed by atoms with van der Waals surface area (Å²) in [5.74, 6) is -3.08. The number of aromatic nitrogens is 2. The van der Waals surface area contributed by atoms with E-state index in [-0.39, 0.29) is 86.0 Å². The van der Waals surface area contributed by atoms with Gasteiger partial charge in [-0.05, 0) is 60.3 Å². The van der Waals surface area contributed by atoms with Gasteiger partial charge in [0.25, 0.3) is 10.1 Å². The van der Waals surface area contributed by atoms with Gasteiger partial charge in [-0.3, -0.25) is 4.55 Å². The highest BCUT2D eigenvalue weighted by atomic mass is 32.2. The number of aliphatic hydroxyl groups excluding tert-OH is 2. The molecule has 30 heteroatoms. The third-order valence-electron chi connectivity index (χ3n) is 9.04. The zero-order chi connectivity index (χ0) is 49.8. The number of carbonyl (C=O) groups is 1. The Bertz CT molecular complexity index is 3060.